The molecule has 1 heterocycles. The van der Waals surface area contributed by atoms with Gasteiger partial charge in [-0.2, -0.15) is 4.99 Å². The van der Waals surface area contributed by atoms with Crippen LogP contribution in [0.5, 0.6) is 0 Å². The molecule has 0 radical (unpaired) electrons. The summed E-state index contributed by atoms with van der Waals surface area (Å²) < 4.78 is 0. The Morgan fingerprint density at radius 2 is 1.89 bits per heavy atom. The van der Waals surface area contributed by atoms with Crippen LogP contribution in [0, 0.1) is 0 Å². The number of benzene rings is 1. The van der Waals surface area contributed by atoms with Crippen LogP contribution in [0.15, 0.2) is 29.3 Å². The monoisotopic (exact) mass is 255 g/mol. The van der Waals surface area contributed by atoms with Crippen LogP contribution in [0.4, 0.5) is 4.79 Å². The molecule has 1 unspecified atom stereocenters. The number of hydrogen-bond acceptors (Lipinski definition) is 2. The molecule has 2 amide bonds. The standard InChI is InChI=1S/C15H17N3O/c16-14-13(18(12-6-7-12)15(19)17-14)11-3-1-2-10(8-11)9-4-5-9/h1-3,8-9,12-13H,4-7H2,(H2,16,17,19). The Labute approximate surface area is 112 Å². The lowest BCUT2D eigenvalue weighted by molar-refractivity contribution is 0.203. The van der Waals surface area contributed by atoms with E-state index < -0.39 is 0 Å². The van der Waals surface area contributed by atoms with Crippen LogP contribution in [-0.2, 0) is 0 Å². The fourth-order valence-corrected chi connectivity index (χ4v) is 2.93. The van der Waals surface area contributed by atoms with Crippen molar-refractivity contribution in [1.29, 1.82) is 0 Å². The third-order valence-electron chi connectivity index (χ3n) is 4.22. The van der Waals surface area contributed by atoms with Crippen molar-refractivity contribution >= 4 is 11.9 Å². The molecule has 4 rings (SSSR count). The van der Waals surface area contributed by atoms with Crippen molar-refractivity contribution in [1.82, 2.24) is 4.90 Å². The van der Waals surface area contributed by atoms with Gasteiger partial charge in [-0.15, -0.1) is 0 Å². The molecule has 1 atom stereocenters. The second-order valence-corrected chi connectivity index (χ2v) is 5.80. The average Bonchev–Trinajstić information content (AvgIpc) is 3.27. The number of nitrogens with two attached hydrogens (primary N) is 1. The number of nitrogens with zero attached hydrogens (tertiary/aromatic N) is 2. The molecule has 98 valence electrons. The summed E-state index contributed by atoms with van der Waals surface area (Å²) in [5, 5.41) is 0. The third kappa shape index (κ3) is 1.82. The molecule has 0 aromatic heterocycles. The topological polar surface area (TPSA) is 58.7 Å². The van der Waals surface area contributed by atoms with Gasteiger partial charge in [-0.05, 0) is 42.7 Å². The van der Waals surface area contributed by atoms with Crippen molar-refractivity contribution in [2.45, 2.75) is 43.7 Å². The van der Waals surface area contributed by atoms with Crippen molar-refractivity contribution in [2.75, 3.05) is 0 Å². The Kier molecular flexibility index (Phi) is 2.22. The molecule has 0 spiro atoms. The highest BCUT2D eigenvalue weighted by Gasteiger charge is 2.43. The minimum Gasteiger partial charge on any atom is -0.385 e. The zero-order valence-corrected chi connectivity index (χ0v) is 10.7. The molecule has 4 nitrogen and oxygen atoms in total. The second kappa shape index (κ2) is 3.83. The zero-order valence-electron chi connectivity index (χ0n) is 10.7. The summed E-state index contributed by atoms with van der Waals surface area (Å²) in [7, 11) is 0. The quantitative estimate of drug-likeness (QED) is 0.902. The third-order valence-corrected chi connectivity index (χ3v) is 4.22. The maximum Gasteiger partial charge on any atom is 0.346 e. The highest BCUT2D eigenvalue weighted by atomic mass is 16.2. The van der Waals surface area contributed by atoms with E-state index in [2.05, 4.69) is 29.3 Å². The molecule has 2 N–H and O–H groups in total. The van der Waals surface area contributed by atoms with Crippen molar-refractivity contribution in [2.24, 2.45) is 10.7 Å². The van der Waals surface area contributed by atoms with Crippen molar-refractivity contribution in [3.63, 3.8) is 0 Å². The summed E-state index contributed by atoms with van der Waals surface area (Å²) in [5.74, 6) is 1.16. The summed E-state index contributed by atoms with van der Waals surface area (Å²) in [6.07, 6.45) is 4.71. The Balaban J connectivity index is 1.71. The lowest BCUT2D eigenvalue weighted by atomic mass is 10.0. The Hall–Kier alpha value is -1.84. The molecule has 3 aliphatic rings. The van der Waals surface area contributed by atoms with Gasteiger partial charge >= 0.3 is 6.03 Å². The summed E-state index contributed by atoms with van der Waals surface area (Å²) in [6, 6.07) is 8.55. The van der Waals surface area contributed by atoms with Crippen LogP contribution in [-0.4, -0.2) is 22.8 Å². The number of aliphatic imine (C=N–C) groups is 1. The van der Waals surface area contributed by atoms with E-state index in [1.807, 2.05) is 4.90 Å². The molecule has 4 heteroatoms. The second-order valence-electron chi connectivity index (χ2n) is 5.80. The van der Waals surface area contributed by atoms with Crippen molar-refractivity contribution in [3.05, 3.63) is 35.4 Å². The van der Waals surface area contributed by atoms with Gasteiger partial charge in [0.1, 0.15) is 11.9 Å². The molecule has 2 aliphatic carbocycles. The first-order valence-electron chi connectivity index (χ1n) is 7.00. The van der Waals surface area contributed by atoms with Gasteiger partial charge < -0.3 is 10.6 Å². The largest absolute Gasteiger partial charge is 0.385 e. The number of hydrogen-bond donors (Lipinski definition) is 1. The number of rotatable bonds is 3. The molecule has 1 aromatic rings. The zero-order chi connectivity index (χ0) is 13.0. The van der Waals surface area contributed by atoms with E-state index in [0.29, 0.717) is 17.8 Å². The van der Waals surface area contributed by atoms with Crippen LogP contribution in [0.3, 0.4) is 0 Å². The lowest BCUT2D eigenvalue weighted by Crippen LogP contribution is -2.35. The Morgan fingerprint density at radius 3 is 2.58 bits per heavy atom. The van der Waals surface area contributed by atoms with Crippen molar-refractivity contribution < 1.29 is 4.79 Å². The maximum atomic E-state index is 11.9. The minimum absolute atomic E-state index is 0.140. The first-order chi connectivity index (χ1) is 9.24. The van der Waals surface area contributed by atoms with E-state index in [4.69, 9.17) is 5.73 Å². The molecule has 19 heavy (non-hydrogen) atoms. The Morgan fingerprint density at radius 1 is 1.16 bits per heavy atom. The molecular formula is C15H17N3O. The van der Waals surface area contributed by atoms with Gasteiger partial charge in [-0.3, -0.25) is 0 Å². The van der Waals surface area contributed by atoms with Gasteiger partial charge in [0.15, 0.2) is 0 Å². The summed E-state index contributed by atoms with van der Waals surface area (Å²) >= 11 is 0. The predicted octanol–water partition coefficient (Wildman–Crippen LogP) is 2.56. The van der Waals surface area contributed by atoms with E-state index in [9.17, 15) is 4.79 Å². The number of amides is 2. The van der Waals surface area contributed by atoms with E-state index in [1.54, 1.807) is 0 Å². The highest BCUT2D eigenvalue weighted by molar-refractivity contribution is 6.03. The smallest absolute Gasteiger partial charge is 0.346 e. The predicted molar refractivity (Wildman–Crippen MR) is 73.0 cm³/mol. The first-order valence-corrected chi connectivity index (χ1v) is 7.00. The average molecular weight is 255 g/mol. The summed E-state index contributed by atoms with van der Waals surface area (Å²) in [5.41, 5.74) is 8.48. The van der Waals surface area contributed by atoms with Crippen molar-refractivity contribution in [3.8, 4) is 0 Å². The van der Waals surface area contributed by atoms with Gasteiger partial charge in [0.2, 0.25) is 0 Å². The van der Waals surface area contributed by atoms with Crippen LogP contribution >= 0.6 is 0 Å². The molecule has 0 saturated heterocycles. The molecule has 1 aromatic carbocycles. The van der Waals surface area contributed by atoms with Gasteiger partial charge in [0, 0.05) is 6.04 Å². The van der Waals surface area contributed by atoms with Gasteiger partial charge in [0.25, 0.3) is 0 Å². The van der Waals surface area contributed by atoms with E-state index >= 15 is 0 Å². The fourth-order valence-electron chi connectivity index (χ4n) is 2.93. The molecule has 2 fully saturated rings. The van der Waals surface area contributed by atoms with E-state index in [0.717, 1.165) is 18.4 Å². The lowest BCUT2D eigenvalue weighted by Gasteiger charge is -2.24. The normalized spacial score (nSPS) is 26.7. The van der Waals surface area contributed by atoms with Gasteiger partial charge in [-0.1, -0.05) is 24.3 Å². The minimum atomic E-state index is -0.165. The van der Waals surface area contributed by atoms with Crippen LogP contribution in [0.1, 0.15) is 48.8 Å². The SMILES string of the molecule is NC1=NC(=O)N(C2CC2)C1c1cccc(C2CC2)c1. The maximum absolute atomic E-state index is 11.9. The van der Waals surface area contributed by atoms with E-state index in [1.165, 1.54) is 18.4 Å². The van der Waals surface area contributed by atoms with E-state index in [-0.39, 0.29) is 12.1 Å². The molecule has 1 aliphatic heterocycles. The van der Waals surface area contributed by atoms with Crippen LogP contribution < -0.4 is 5.73 Å². The molecule has 2 saturated carbocycles. The number of amidine groups is 1. The first kappa shape index (κ1) is 11.0. The van der Waals surface area contributed by atoms with Crippen LogP contribution in [0.2, 0.25) is 0 Å². The number of carbonyl (C=O) groups excluding carboxylic acids is 1. The fraction of sp³-hybridized carbons (Fsp3) is 0.467. The summed E-state index contributed by atoms with van der Waals surface area (Å²) in [4.78, 5) is 17.8. The number of carbonyl (C=O) groups is 1. The summed E-state index contributed by atoms with van der Waals surface area (Å²) in [6.45, 7) is 0. The highest BCUT2D eigenvalue weighted by Crippen LogP contribution is 2.42. The Bertz CT molecular complexity index is 573. The molecule has 0 bridgehead atoms. The van der Waals surface area contributed by atoms with Gasteiger partial charge in [0.05, 0.1) is 0 Å². The molecular weight excluding hydrogens is 238 g/mol. The van der Waals surface area contributed by atoms with Gasteiger partial charge in [-0.25, -0.2) is 4.79 Å². The number of urea groups is 1. The van der Waals surface area contributed by atoms with Crippen LogP contribution in [0.25, 0.3) is 0 Å².